The van der Waals surface area contributed by atoms with Crippen LogP contribution in [-0.4, -0.2) is 48.5 Å². The van der Waals surface area contributed by atoms with Gasteiger partial charge in [-0.05, 0) is 48.6 Å². The lowest BCUT2D eigenvalue weighted by Gasteiger charge is -2.12. The fraction of sp³-hybridized carbons (Fsp3) is 0.333. The summed E-state index contributed by atoms with van der Waals surface area (Å²) in [6.45, 7) is 5.24. The van der Waals surface area contributed by atoms with E-state index in [9.17, 15) is 4.79 Å². The second-order valence-corrected chi connectivity index (χ2v) is 7.44. The molecule has 30 heavy (non-hydrogen) atoms. The van der Waals surface area contributed by atoms with Gasteiger partial charge in [0, 0.05) is 51.0 Å². The van der Waals surface area contributed by atoms with E-state index >= 15 is 0 Å². The maximum Gasteiger partial charge on any atom is 0.253 e. The summed E-state index contributed by atoms with van der Waals surface area (Å²) in [5, 5.41) is 7.98. The van der Waals surface area contributed by atoms with Crippen LogP contribution in [0.3, 0.4) is 0 Å². The van der Waals surface area contributed by atoms with Crippen molar-refractivity contribution < 1.29 is 4.79 Å². The van der Waals surface area contributed by atoms with E-state index in [2.05, 4.69) is 63.6 Å². The number of guanidine groups is 1. The van der Waals surface area contributed by atoms with Crippen molar-refractivity contribution in [2.45, 2.75) is 26.4 Å². The Bertz CT molecular complexity index is 988. The van der Waals surface area contributed by atoms with Crippen LogP contribution in [0.25, 0.3) is 10.9 Å². The molecule has 0 saturated heterocycles. The van der Waals surface area contributed by atoms with Crippen LogP contribution >= 0.6 is 0 Å². The van der Waals surface area contributed by atoms with Crippen molar-refractivity contribution in [3.05, 3.63) is 71.9 Å². The van der Waals surface area contributed by atoms with Crippen molar-refractivity contribution in [2.75, 3.05) is 27.2 Å². The molecule has 1 amide bonds. The van der Waals surface area contributed by atoms with Gasteiger partial charge in [0.15, 0.2) is 5.96 Å². The highest BCUT2D eigenvalue weighted by atomic mass is 16.2. The first kappa shape index (κ1) is 21.4. The Morgan fingerprint density at radius 1 is 1.03 bits per heavy atom. The molecule has 3 aromatic rings. The number of benzene rings is 2. The Balaban J connectivity index is 1.51. The lowest BCUT2D eigenvalue weighted by molar-refractivity contribution is 0.0827. The summed E-state index contributed by atoms with van der Waals surface area (Å²) in [5.41, 5.74) is 3.03. The quantitative estimate of drug-likeness (QED) is 0.343. The van der Waals surface area contributed by atoms with Gasteiger partial charge in [-0.2, -0.15) is 0 Å². The topological polar surface area (TPSA) is 61.7 Å². The van der Waals surface area contributed by atoms with E-state index < -0.39 is 0 Å². The van der Waals surface area contributed by atoms with Gasteiger partial charge in [-0.25, -0.2) is 4.99 Å². The third kappa shape index (κ3) is 5.63. The Morgan fingerprint density at radius 3 is 2.53 bits per heavy atom. The zero-order valence-electron chi connectivity index (χ0n) is 18.1. The minimum absolute atomic E-state index is 0.00975. The number of carbonyl (C=O) groups excluding carboxylic acids is 1. The second-order valence-electron chi connectivity index (χ2n) is 7.44. The zero-order chi connectivity index (χ0) is 21.3. The smallest absolute Gasteiger partial charge is 0.253 e. The van der Waals surface area contributed by atoms with Crippen LogP contribution in [0.2, 0.25) is 0 Å². The van der Waals surface area contributed by atoms with Gasteiger partial charge in [0.05, 0.1) is 6.54 Å². The van der Waals surface area contributed by atoms with Gasteiger partial charge in [0.1, 0.15) is 0 Å². The predicted octanol–water partition coefficient (Wildman–Crippen LogP) is 3.49. The maximum atomic E-state index is 12.0. The lowest BCUT2D eigenvalue weighted by Crippen LogP contribution is -2.38. The normalized spacial score (nSPS) is 11.5. The molecule has 158 valence electrons. The molecule has 6 nitrogen and oxygen atoms in total. The van der Waals surface area contributed by atoms with E-state index in [0.717, 1.165) is 37.6 Å². The van der Waals surface area contributed by atoms with Crippen LogP contribution in [0.5, 0.6) is 0 Å². The van der Waals surface area contributed by atoms with Crippen LogP contribution in [0, 0.1) is 0 Å². The van der Waals surface area contributed by atoms with Crippen molar-refractivity contribution in [2.24, 2.45) is 4.99 Å². The number of nitrogens with zero attached hydrogens (tertiary/aromatic N) is 3. The number of hydrogen-bond acceptors (Lipinski definition) is 2. The first-order valence-electron chi connectivity index (χ1n) is 10.4. The number of rotatable bonds is 8. The summed E-state index contributed by atoms with van der Waals surface area (Å²) in [6, 6.07) is 18.2. The Morgan fingerprint density at radius 2 is 1.80 bits per heavy atom. The highest BCUT2D eigenvalue weighted by molar-refractivity contribution is 5.93. The first-order valence-corrected chi connectivity index (χ1v) is 10.4. The Hall–Kier alpha value is -3.28. The molecule has 0 spiro atoms. The largest absolute Gasteiger partial charge is 0.357 e. The van der Waals surface area contributed by atoms with E-state index in [1.807, 2.05) is 24.3 Å². The minimum Gasteiger partial charge on any atom is -0.357 e. The van der Waals surface area contributed by atoms with Gasteiger partial charge in [-0.3, -0.25) is 4.79 Å². The average molecular weight is 406 g/mol. The van der Waals surface area contributed by atoms with Crippen LogP contribution in [-0.2, 0) is 13.1 Å². The molecule has 2 aromatic carbocycles. The summed E-state index contributed by atoms with van der Waals surface area (Å²) in [5.74, 6) is 0.818. The molecule has 0 bridgehead atoms. The van der Waals surface area contributed by atoms with Gasteiger partial charge in [-0.15, -0.1) is 0 Å². The molecule has 0 aliphatic rings. The van der Waals surface area contributed by atoms with E-state index in [1.54, 1.807) is 19.0 Å². The van der Waals surface area contributed by atoms with Crippen LogP contribution < -0.4 is 10.6 Å². The second kappa shape index (κ2) is 10.5. The van der Waals surface area contributed by atoms with E-state index in [4.69, 9.17) is 0 Å². The van der Waals surface area contributed by atoms with Crippen molar-refractivity contribution in [3.8, 4) is 0 Å². The lowest BCUT2D eigenvalue weighted by atomic mass is 10.1. The van der Waals surface area contributed by atoms with Gasteiger partial charge in [-0.1, -0.05) is 30.3 Å². The molecule has 0 radical (unpaired) electrons. The number of hydrogen-bond donors (Lipinski definition) is 2. The molecule has 3 rings (SSSR count). The van der Waals surface area contributed by atoms with Crippen LogP contribution in [0.4, 0.5) is 0 Å². The molecule has 0 saturated carbocycles. The van der Waals surface area contributed by atoms with Gasteiger partial charge >= 0.3 is 0 Å². The molecular weight excluding hydrogens is 374 g/mol. The van der Waals surface area contributed by atoms with E-state index in [1.165, 1.54) is 10.9 Å². The monoisotopic (exact) mass is 405 g/mol. The number of carbonyl (C=O) groups is 1. The first-order chi connectivity index (χ1) is 14.6. The standard InChI is InChI=1S/C24H31N5O/c1-4-25-24(27-18-19-10-12-21(13-11-19)23(30)28(2)3)26-15-7-16-29-17-14-20-8-5-6-9-22(20)29/h5-6,8-14,17H,4,7,15-16,18H2,1-3H3,(H2,25,26,27). The molecule has 6 heteroatoms. The third-order valence-corrected chi connectivity index (χ3v) is 4.92. The number of nitrogens with one attached hydrogen (secondary N) is 2. The highest BCUT2D eigenvalue weighted by Gasteiger charge is 2.07. The minimum atomic E-state index is 0.00975. The number of fused-ring (bicyclic) bond motifs is 1. The molecule has 0 aliphatic heterocycles. The summed E-state index contributed by atoms with van der Waals surface area (Å²) in [4.78, 5) is 18.2. The number of aliphatic imine (C=N–C) groups is 1. The van der Waals surface area contributed by atoms with Gasteiger partial charge in [0.25, 0.3) is 5.91 Å². The number of aromatic nitrogens is 1. The molecule has 1 heterocycles. The fourth-order valence-corrected chi connectivity index (χ4v) is 3.31. The van der Waals surface area contributed by atoms with Gasteiger partial charge in [0.2, 0.25) is 0 Å². The summed E-state index contributed by atoms with van der Waals surface area (Å²) < 4.78 is 2.29. The summed E-state index contributed by atoms with van der Waals surface area (Å²) in [6.07, 6.45) is 3.15. The van der Waals surface area contributed by atoms with Crippen molar-refractivity contribution in [3.63, 3.8) is 0 Å². The highest BCUT2D eigenvalue weighted by Crippen LogP contribution is 2.15. The molecule has 0 fully saturated rings. The molecular formula is C24H31N5O. The molecule has 1 aromatic heterocycles. The third-order valence-electron chi connectivity index (χ3n) is 4.92. The van der Waals surface area contributed by atoms with Gasteiger partial charge < -0.3 is 20.1 Å². The molecule has 0 unspecified atom stereocenters. The Kier molecular flexibility index (Phi) is 7.49. The zero-order valence-corrected chi connectivity index (χ0v) is 18.1. The fourth-order valence-electron chi connectivity index (χ4n) is 3.31. The van der Waals surface area contributed by atoms with Crippen molar-refractivity contribution in [1.29, 1.82) is 0 Å². The maximum absolute atomic E-state index is 12.0. The molecule has 0 atom stereocenters. The summed E-state index contributed by atoms with van der Waals surface area (Å²) >= 11 is 0. The van der Waals surface area contributed by atoms with Crippen molar-refractivity contribution >= 4 is 22.8 Å². The average Bonchev–Trinajstić information content (AvgIpc) is 3.18. The molecule has 0 aliphatic carbocycles. The predicted molar refractivity (Wildman–Crippen MR) is 124 cm³/mol. The molecule has 2 N–H and O–H groups in total. The number of para-hydroxylation sites is 1. The van der Waals surface area contributed by atoms with Crippen LogP contribution in [0.15, 0.2) is 65.8 Å². The number of aryl methyl sites for hydroxylation is 1. The summed E-state index contributed by atoms with van der Waals surface area (Å²) in [7, 11) is 3.52. The van der Waals surface area contributed by atoms with E-state index in [0.29, 0.717) is 12.1 Å². The number of amides is 1. The van der Waals surface area contributed by atoms with Crippen molar-refractivity contribution in [1.82, 2.24) is 20.1 Å². The SMILES string of the molecule is CCNC(=NCc1ccc(C(=O)N(C)C)cc1)NCCCn1ccc2ccccc21. The Labute approximate surface area is 178 Å². The van der Waals surface area contributed by atoms with E-state index in [-0.39, 0.29) is 5.91 Å². The van der Waals surface area contributed by atoms with Crippen LogP contribution in [0.1, 0.15) is 29.3 Å².